The molecule has 7 rings (SSSR count). The van der Waals surface area contributed by atoms with Gasteiger partial charge in [0.25, 0.3) is 11.8 Å². The Morgan fingerprint density at radius 2 is 1.74 bits per heavy atom. The predicted octanol–water partition coefficient (Wildman–Crippen LogP) is 4.74. The largest absolute Gasteiger partial charge is 0.490 e. The molecule has 2 N–H and O–H groups in total. The highest BCUT2D eigenvalue weighted by Gasteiger charge is 2.54. The zero-order valence-electron chi connectivity index (χ0n) is 26.3. The monoisotopic (exact) mass is 624 g/mol. The van der Waals surface area contributed by atoms with Gasteiger partial charge in [0.15, 0.2) is 0 Å². The van der Waals surface area contributed by atoms with Crippen molar-refractivity contribution in [2.45, 2.75) is 57.3 Å². The molecule has 3 aliphatic rings. The predicted molar refractivity (Wildman–Crippen MR) is 172 cm³/mol. The summed E-state index contributed by atoms with van der Waals surface area (Å²) in [5, 5.41) is 17.4. The van der Waals surface area contributed by atoms with Crippen LogP contribution in [0.25, 0.3) is 16.6 Å². The number of morpholine rings is 1. The molecule has 1 aliphatic heterocycles. The normalized spacial score (nSPS) is 22.6. The van der Waals surface area contributed by atoms with E-state index < -0.39 is 5.60 Å². The number of pyridine rings is 1. The highest BCUT2D eigenvalue weighted by Crippen LogP contribution is 2.56. The fourth-order valence-corrected chi connectivity index (χ4v) is 6.86. The average molecular weight is 625 g/mol. The minimum atomic E-state index is -0.940. The van der Waals surface area contributed by atoms with E-state index in [4.69, 9.17) is 14.2 Å². The van der Waals surface area contributed by atoms with Crippen LogP contribution >= 0.6 is 0 Å². The second kappa shape index (κ2) is 12.1. The number of amides is 2. The SMILES string of the molecule is CC(C)(O)COc1ccc2c(C(=O)NC3CC4(C3)CC(Oc3ccc(-c5cccc(C(=O)N6CCOCC6)c5)cc3)C4)cnn2c1. The van der Waals surface area contributed by atoms with Gasteiger partial charge in [0.05, 0.1) is 48.4 Å². The van der Waals surface area contributed by atoms with Crippen molar-refractivity contribution in [2.75, 3.05) is 32.9 Å². The number of nitrogens with zero attached hydrogens (tertiary/aromatic N) is 3. The first-order chi connectivity index (χ1) is 22.1. The molecule has 240 valence electrons. The van der Waals surface area contributed by atoms with Crippen molar-refractivity contribution in [2.24, 2.45) is 5.41 Å². The van der Waals surface area contributed by atoms with Gasteiger partial charge >= 0.3 is 0 Å². The number of aliphatic hydroxyl groups is 1. The number of fused-ring (bicyclic) bond motifs is 1. The molecule has 10 heteroatoms. The van der Waals surface area contributed by atoms with Crippen LogP contribution in [0.4, 0.5) is 0 Å². The van der Waals surface area contributed by atoms with Gasteiger partial charge in [-0.1, -0.05) is 24.3 Å². The Hall–Kier alpha value is -4.41. The van der Waals surface area contributed by atoms with Crippen molar-refractivity contribution in [1.29, 1.82) is 0 Å². The minimum Gasteiger partial charge on any atom is -0.490 e. The number of benzene rings is 2. The highest BCUT2D eigenvalue weighted by molar-refractivity contribution is 6.00. The third-order valence-corrected chi connectivity index (χ3v) is 9.24. The topological polar surface area (TPSA) is 115 Å². The zero-order valence-corrected chi connectivity index (χ0v) is 26.3. The fourth-order valence-electron chi connectivity index (χ4n) is 6.86. The van der Waals surface area contributed by atoms with Crippen LogP contribution in [-0.2, 0) is 4.74 Å². The van der Waals surface area contributed by atoms with Crippen LogP contribution in [0.1, 0.15) is 60.2 Å². The Labute approximate surface area is 268 Å². The lowest BCUT2D eigenvalue weighted by Gasteiger charge is -2.57. The first kappa shape index (κ1) is 30.3. The molecule has 2 amide bonds. The summed E-state index contributed by atoms with van der Waals surface area (Å²) in [6.45, 7) is 5.94. The number of hydrogen-bond donors (Lipinski definition) is 2. The molecule has 2 aliphatic carbocycles. The second-order valence-corrected chi connectivity index (χ2v) is 13.6. The summed E-state index contributed by atoms with van der Waals surface area (Å²) < 4.78 is 18.9. The molecule has 2 saturated carbocycles. The fraction of sp³-hybridized carbons (Fsp3) is 0.417. The lowest BCUT2D eigenvalue weighted by Crippen LogP contribution is -2.58. The van der Waals surface area contributed by atoms with Crippen LogP contribution in [0.15, 0.2) is 73.1 Å². The summed E-state index contributed by atoms with van der Waals surface area (Å²) >= 11 is 0. The number of ether oxygens (including phenoxy) is 3. The van der Waals surface area contributed by atoms with Crippen LogP contribution in [0, 0.1) is 5.41 Å². The average Bonchev–Trinajstić information content (AvgIpc) is 3.45. The number of hydrogen-bond acceptors (Lipinski definition) is 7. The van der Waals surface area contributed by atoms with E-state index in [-0.39, 0.29) is 36.0 Å². The van der Waals surface area contributed by atoms with Gasteiger partial charge in [0.1, 0.15) is 18.1 Å². The number of aromatic nitrogens is 2. The molecule has 46 heavy (non-hydrogen) atoms. The smallest absolute Gasteiger partial charge is 0.255 e. The van der Waals surface area contributed by atoms with Crippen molar-refractivity contribution in [3.8, 4) is 22.6 Å². The van der Waals surface area contributed by atoms with E-state index in [0.29, 0.717) is 48.7 Å². The molecule has 2 aromatic carbocycles. The van der Waals surface area contributed by atoms with E-state index in [1.807, 2.05) is 59.5 Å². The minimum absolute atomic E-state index is 0.0431. The van der Waals surface area contributed by atoms with E-state index in [9.17, 15) is 14.7 Å². The van der Waals surface area contributed by atoms with Gasteiger partial charge in [-0.2, -0.15) is 5.10 Å². The Balaban J connectivity index is 0.878. The van der Waals surface area contributed by atoms with E-state index in [1.165, 1.54) is 0 Å². The van der Waals surface area contributed by atoms with Gasteiger partial charge in [-0.3, -0.25) is 9.59 Å². The summed E-state index contributed by atoms with van der Waals surface area (Å²) in [5.74, 6) is 1.34. The highest BCUT2D eigenvalue weighted by atomic mass is 16.5. The van der Waals surface area contributed by atoms with Gasteiger partial charge in [0, 0.05) is 24.7 Å². The molecule has 3 heterocycles. The zero-order chi connectivity index (χ0) is 31.9. The summed E-state index contributed by atoms with van der Waals surface area (Å²) in [4.78, 5) is 27.8. The first-order valence-corrected chi connectivity index (χ1v) is 16.0. The van der Waals surface area contributed by atoms with Crippen molar-refractivity contribution in [3.05, 3.63) is 84.2 Å². The summed E-state index contributed by atoms with van der Waals surface area (Å²) in [7, 11) is 0. The number of rotatable bonds is 9. The number of nitrogens with one attached hydrogen (secondary N) is 1. The van der Waals surface area contributed by atoms with Crippen LogP contribution in [0.2, 0.25) is 0 Å². The van der Waals surface area contributed by atoms with E-state index in [1.54, 1.807) is 36.8 Å². The molecule has 3 fully saturated rings. The van der Waals surface area contributed by atoms with Crippen molar-refractivity contribution < 1.29 is 28.9 Å². The maximum absolute atomic E-state index is 13.1. The van der Waals surface area contributed by atoms with E-state index >= 15 is 0 Å². The molecular weight excluding hydrogens is 584 g/mol. The number of carbonyl (C=O) groups excluding carboxylic acids is 2. The van der Waals surface area contributed by atoms with Crippen molar-refractivity contribution in [1.82, 2.24) is 19.8 Å². The van der Waals surface area contributed by atoms with E-state index in [2.05, 4.69) is 10.4 Å². The Kier molecular flexibility index (Phi) is 7.94. The van der Waals surface area contributed by atoms with Crippen LogP contribution in [-0.4, -0.2) is 82.1 Å². The molecule has 1 saturated heterocycles. The number of carbonyl (C=O) groups is 2. The van der Waals surface area contributed by atoms with E-state index in [0.717, 1.165) is 42.6 Å². The van der Waals surface area contributed by atoms with Gasteiger partial charge in [-0.15, -0.1) is 0 Å². The van der Waals surface area contributed by atoms with Gasteiger partial charge < -0.3 is 29.5 Å². The van der Waals surface area contributed by atoms with Crippen LogP contribution < -0.4 is 14.8 Å². The molecule has 2 aromatic heterocycles. The molecule has 0 atom stereocenters. The quantitative estimate of drug-likeness (QED) is 0.277. The van der Waals surface area contributed by atoms with Gasteiger partial charge in [-0.05, 0) is 92.5 Å². The molecule has 0 unspecified atom stereocenters. The summed E-state index contributed by atoms with van der Waals surface area (Å²) in [6.07, 6.45) is 7.33. The van der Waals surface area contributed by atoms with Crippen molar-refractivity contribution >= 4 is 17.3 Å². The van der Waals surface area contributed by atoms with Crippen LogP contribution in [0.3, 0.4) is 0 Å². The lowest BCUT2D eigenvalue weighted by atomic mass is 9.53. The Morgan fingerprint density at radius 1 is 1.00 bits per heavy atom. The maximum Gasteiger partial charge on any atom is 0.255 e. The molecule has 0 bridgehead atoms. The third kappa shape index (κ3) is 6.45. The van der Waals surface area contributed by atoms with Gasteiger partial charge in [0.2, 0.25) is 0 Å². The first-order valence-electron chi connectivity index (χ1n) is 16.0. The van der Waals surface area contributed by atoms with Gasteiger partial charge in [-0.25, -0.2) is 4.52 Å². The lowest BCUT2D eigenvalue weighted by molar-refractivity contribution is -0.0833. The molecule has 0 radical (unpaired) electrons. The standard InChI is InChI=1S/C36H40N4O6/c1-35(2,43)23-45-29-10-11-32-31(21-37-40(32)22-29)33(41)38-27-17-36(18-27)19-30(20-36)46-28-8-6-24(7-9-28)25-4-3-5-26(16-25)34(42)39-12-14-44-15-13-39/h3-11,16,21-22,27,30,43H,12-15,17-20,23H2,1-2H3,(H,38,41). The molecular formula is C36H40N4O6. The summed E-state index contributed by atoms with van der Waals surface area (Å²) in [5.41, 5.74) is 3.27. The van der Waals surface area contributed by atoms with Crippen molar-refractivity contribution in [3.63, 3.8) is 0 Å². The molecule has 4 aromatic rings. The third-order valence-electron chi connectivity index (χ3n) is 9.24. The summed E-state index contributed by atoms with van der Waals surface area (Å²) in [6, 6.07) is 19.6. The van der Waals surface area contributed by atoms with Crippen LogP contribution in [0.5, 0.6) is 11.5 Å². The maximum atomic E-state index is 13.1. The molecule has 10 nitrogen and oxygen atoms in total. The molecule has 1 spiro atoms. The Bertz CT molecular complexity index is 1720. The Morgan fingerprint density at radius 3 is 2.48 bits per heavy atom. The second-order valence-electron chi connectivity index (χ2n) is 13.6.